The van der Waals surface area contributed by atoms with Crippen LogP contribution in [-0.2, 0) is 9.53 Å². The molecule has 1 N–H and O–H groups in total. The SMILES string of the molecule is CCOC(=O)c1nn(-c2ccc(F)cc2)c(=O)cc1NC(=O)C(c1ccccc1)c1ccccc1. The maximum Gasteiger partial charge on any atom is 0.360 e. The van der Waals surface area contributed by atoms with E-state index in [1.54, 1.807) is 6.92 Å². The Kier molecular flexibility index (Phi) is 7.11. The zero-order valence-electron chi connectivity index (χ0n) is 18.9. The highest BCUT2D eigenvalue weighted by Crippen LogP contribution is 2.27. The van der Waals surface area contributed by atoms with Crippen LogP contribution >= 0.6 is 0 Å². The van der Waals surface area contributed by atoms with Crippen LogP contribution in [0.3, 0.4) is 0 Å². The van der Waals surface area contributed by atoms with Crippen molar-refractivity contribution in [3.05, 3.63) is 124 Å². The number of ether oxygens (including phenoxy) is 1. The molecule has 4 rings (SSSR count). The van der Waals surface area contributed by atoms with Crippen LogP contribution in [0.15, 0.2) is 95.8 Å². The van der Waals surface area contributed by atoms with Gasteiger partial charge in [0.05, 0.1) is 23.9 Å². The molecule has 1 heterocycles. The van der Waals surface area contributed by atoms with Gasteiger partial charge < -0.3 is 10.1 Å². The van der Waals surface area contributed by atoms with Crippen LogP contribution in [0, 0.1) is 5.82 Å². The van der Waals surface area contributed by atoms with Gasteiger partial charge in [0.15, 0.2) is 5.69 Å². The largest absolute Gasteiger partial charge is 0.461 e. The summed E-state index contributed by atoms with van der Waals surface area (Å²) in [5, 5.41) is 6.84. The van der Waals surface area contributed by atoms with Crippen molar-refractivity contribution in [2.75, 3.05) is 11.9 Å². The fraction of sp³-hybridized carbons (Fsp3) is 0.111. The van der Waals surface area contributed by atoms with Gasteiger partial charge in [0.2, 0.25) is 5.91 Å². The Labute approximate surface area is 200 Å². The molecule has 0 radical (unpaired) electrons. The van der Waals surface area contributed by atoms with Gasteiger partial charge in [-0.1, -0.05) is 60.7 Å². The monoisotopic (exact) mass is 471 g/mol. The van der Waals surface area contributed by atoms with Gasteiger partial charge in [-0.2, -0.15) is 9.78 Å². The van der Waals surface area contributed by atoms with Gasteiger partial charge in [0.1, 0.15) is 5.82 Å². The maximum atomic E-state index is 13.5. The van der Waals surface area contributed by atoms with E-state index in [1.165, 1.54) is 24.3 Å². The van der Waals surface area contributed by atoms with Crippen molar-refractivity contribution in [2.24, 2.45) is 0 Å². The summed E-state index contributed by atoms with van der Waals surface area (Å²) in [6.45, 7) is 1.70. The fourth-order valence-corrected chi connectivity index (χ4v) is 3.66. The number of rotatable bonds is 7. The molecule has 0 aliphatic heterocycles. The molecule has 0 spiro atoms. The van der Waals surface area contributed by atoms with Crippen molar-refractivity contribution in [3.63, 3.8) is 0 Å². The molecule has 0 atom stereocenters. The first kappa shape index (κ1) is 23.6. The number of hydrogen-bond donors (Lipinski definition) is 1. The van der Waals surface area contributed by atoms with E-state index in [0.717, 1.165) is 21.9 Å². The van der Waals surface area contributed by atoms with Crippen molar-refractivity contribution in [1.82, 2.24) is 9.78 Å². The molecule has 0 saturated heterocycles. The van der Waals surface area contributed by atoms with E-state index < -0.39 is 29.2 Å². The Balaban J connectivity index is 1.77. The minimum absolute atomic E-state index is 0.0697. The Morgan fingerprint density at radius 3 is 2.06 bits per heavy atom. The zero-order valence-corrected chi connectivity index (χ0v) is 18.9. The van der Waals surface area contributed by atoms with Gasteiger partial charge >= 0.3 is 5.97 Å². The van der Waals surface area contributed by atoms with Crippen LogP contribution in [0.5, 0.6) is 0 Å². The highest BCUT2D eigenvalue weighted by molar-refractivity contribution is 6.03. The number of esters is 1. The number of benzene rings is 3. The highest BCUT2D eigenvalue weighted by Gasteiger charge is 2.26. The minimum atomic E-state index is -0.811. The fourth-order valence-electron chi connectivity index (χ4n) is 3.66. The van der Waals surface area contributed by atoms with E-state index in [2.05, 4.69) is 10.4 Å². The smallest absolute Gasteiger partial charge is 0.360 e. The number of carbonyl (C=O) groups is 2. The van der Waals surface area contributed by atoms with Gasteiger partial charge in [-0.3, -0.25) is 9.59 Å². The lowest BCUT2D eigenvalue weighted by Crippen LogP contribution is -2.29. The van der Waals surface area contributed by atoms with Gasteiger partial charge in [-0.25, -0.2) is 9.18 Å². The number of halogens is 1. The lowest BCUT2D eigenvalue weighted by Gasteiger charge is -2.19. The van der Waals surface area contributed by atoms with Crippen molar-refractivity contribution in [1.29, 1.82) is 0 Å². The second kappa shape index (κ2) is 10.6. The number of amides is 1. The predicted molar refractivity (Wildman–Crippen MR) is 129 cm³/mol. The Morgan fingerprint density at radius 1 is 0.943 bits per heavy atom. The summed E-state index contributed by atoms with van der Waals surface area (Å²) in [5.74, 6) is -2.44. The molecule has 0 saturated carbocycles. The summed E-state index contributed by atoms with van der Waals surface area (Å²) in [7, 11) is 0. The number of carbonyl (C=O) groups excluding carboxylic acids is 2. The molecule has 176 valence electrons. The van der Waals surface area contributed by atoms with E-state index in [1.807, 2.05) is 60.7 Å². The van der Waals surface area contributed by atoms with Gasteiger partial charge in [0.25, 0.3) is 5.56 Å². The average molecular weight is 471 g/mol. The highest BCUT2D eigenvalue weighted by atomic mass is 19.1. The molecule has 1 aromatic heterocycles. The van der Waals surface area contributed by atoms with Crippen LogP contribution in [0.1, 0.15) is 34.5 Å². The zero-order chi connectivity index (χ0) is 24.8. The molecule has 0 unspecified atom stereocenters. The molecule has 0 bridgehead atoms. The Morgan fingerprint density at radius 2 is 1.51 bits per heavy atom. The molecule has 1 amide bonds. The van der Waals surface area contributed by atoms with E-state index in [4.69, 9.17) is 4.74 Å². The second-order valence-corrected chi connectivity index (χ2v) is 7.60. The van der Waals surface area contributed by atoms with Crippen LogP contribution in [0.2, 0.25) is 0 Å². The molecule has 4 aromatic rings. The van der Waals surface area contributed by atoms with Crippen molar-refractivity contribution < 1.29 is 18.7 Å². The summed E-state index contributed by atoms with van der Waals surface area (Å²) in [6, 6.07) is 24.5. The molecule has 35 heavy (non-hydrogen) atoms. The normalized spacial score (nSPS) is 10.7. The average Bonchev–Trinajstić information content (AvgIpc) is 2.86. The topological polar surface area (TPSA) is 90.3 Å². The number of hydrogen-bond acceptors (Lipinski definition) is 5. The molecule has 8 heteroatoms. The summed E-state index contributed by atoms with van der Waals surface area (Å²) in [6.07, 6.45) is 0. The quantitative estimate of drug-likeness (QED) is 0.406. The molecule has 3 aromatic carbocycles. The maximum absolute atomic E-state index is 13.5. The molecule has 0 aliphatic carbocycles. The van der Waals surface area contributed by atoms with E-state index in [-0.39, 0.29) is 23.7 Å². The summed E-state index contributed by atoms with van der Waals surface area (Å²) < 4.78 is 19.4. The summed E-state index contributed by atoms with van der Waals surface area (Å²) in [5.41, 5.74) is 0.794. The number of nitrogens with one attached hydrogen (secondary N) is 1. The first-order valence-corrected chi connectivity index (χ1v) is 11.0. The second-order valence-electron chi connectivity index (χ2n) is 7.60. The van der Waals surface area contributed by atoms with E-state index >= 15 is 0 Å². The third-order valence-corrected chi connectivity index (χ3v) is 5.26. The van der Waals surface area contributed by atoms with Gasteiger partial charge in [-0.05, 0) is 42.3 Å². The summed E-state index contributed by atoms with van der Waals surface area (Å²) >= 11 is 0. The van der Waals surface area contributed by atoms with Crippen molar-refractivity contribution >= 4 is 17.6 Å². The van der Waals surface area contributed by atoms with Crippen molar-refractivity contribution in [3.8, 4) is 5.69 Å². The number of anilines is 1. The molecule has 0 fully saturated rings. The first-order valence-electron chi connectivity index (χ1n) is 11.0. The third kappa shape index (κ3) is 5.33. The van der Waals surface area contributed by atoms with Crippen molar-refractivity contribution in [2.45, 2.75) is 12.8 Å². The van der Waals surface area contributed by atoms with E-state index in [9.17, 15) is 18.8 Å². The standard InChI is InChI=1S/C27H22FN3O4/c1-2-35-27(34)25-22(17-23(32)31(30-25)21-15-13-20(28)14-16-21)29-26(33)24(18-9-5-3-6-10-18)19-11-7-4-8-12-19/h3-17,24H,2H2,1H3,(H,29,33). The van der Waals surface area contributed by atoms with Crippen LogP contribution in [0.4, 0.5) is 10.1 Å². The summed E-state index contributed by atoms with van der Waals surface area (Å²) in [4.78, 5) is 39.1. The van der Waals surface area contributed by atoms with E-state index in [0.29, 0.717) is 0 Å². The van der Waals surface area contributed by atoms with Crippen LogP contribution in [-0.4, -0.2) is 28.3 Å². The van der Waals surface area contributed by atoms with Gasteiger partial charge in [0, 0.05) is 6.07 Å². The third-order valence-electron chi connectivity index (χ3n) is 5.26. The lowest BCUT2D eigenvalue weighted by molar-refractivity contribution is -0.116. The minimum Gasteiger partial charge on any atom is -0.461 e. The lowest BCUT2D eigenvalue weighted by atomic mass is 9.90. The van der Waals surface area contributed by atoms with Gasteiger partial charge in [-0.15, -0.1) is 0 Å². The van der Waals surface area contributed by atoms with Crippen LogP contribution < -0.4 is 10.9 Å². The first-order chi connectivity index (χ1) is 17.0. The molecule has 0 aliphatic rings. The molecular formula is C27H22FN3O4. The van der Waals surface area contributed by atoms with Crippen LogP contribution in [0.25, 0.3) is 5.69 Å². The predicted octanol–water partition coefficient (Wildman–Crippen LogP) is 4.32. The molecular weight excluding hydrogens is 449 g/mol. The molecule has 7 nitrogen and oxygen atoms in total. The number of nitrogens with zero attached hydrogens (tertiary/aromatic N) is 2. The number of aromatic nitrogens is 2. The Hall–Kier alpha value is -4.59. The Bertz CT molecular complexity index is 1350.